The molecule has 9 heteroatoms. The Morgan fingerprint density at radius 3 is 2.43 bits per heavy atom. The van der Waals surface area contributed by atoms with Gasteiger partial charge in [0.05, 0.1) is 13.0 Å². The molecule has 0 saturated heterocycles. The molecule has 6 nitrogen and oxygen atoms in total. The van der Waals surface area contributed by atoms with Crippen LogP contribution in [-0.4, -0.2) is 27.0 Å². The molecule has 1 aromatic carbocycles. The van der Waals surface area contributed by atoms with E-state index in [4.69, 9.17) is 0 Å². The van der Waals surface area contributed by atoms with Crippen LogP contribution in [0.5, 0.6) is 5.75 Å². The Labute approximate surface area is 130 Å². The Kier molecular flexibility index (Phi) is 4.87. The minimum absolute atomic E-state index is 0.0448. The van der Waals surface area contributed by atoms with E-state index in [0.29, 0.717) is 11.4 Å². The van der Waals surface area contributed by atoms with Crippen molar-refractivity contribution in [3.63, 3.8) is 0 Å². The summed E-state index contributed by atoms with van der Waals surface area (Å²) < 4.78 is 41.7. The zero-order valence-electron chi connectivity index (χ0n) is 12.5. The molecule has 1 amide bonds. The largest absolute Gasteiger partial charge is 0.573 e. The van der Waals surface area contributed by atoms with Crippen LogP contribution in [0.2, 0.25) is 0 Å². The van der Waals surface area contributed by atoms with E-state index in [1.165, 1.54) is 24.3 Å². The molecule has 1 heterocycles. The first-order valence-electron chi connectivity index (χ1n) is 6.71. The summed E-state index contributed by atoms with van der Waals surface area (Å²) in [5, 5.41) is 10.5. The van der Waals surface area contributed by atoms with Crippen LogP contribution in [0.25, 0.3) is 0 Å². The molecule has 0 aliphatic heterocycles. The second kappa shape index (κ2) is 6.67. The number of aryl methyl sites for hydroxylation is 1. The number of ether oxygens (including phenoxy) is 1. The highest BCUT2D eigenvalue weighted by molar-refractivity contribution is 5.78. The van der Waals surface area contributed by atoms with Gasteiger partial charge in [-0.25, -0.2) is 0 Å². The molecule has 1 N–H and O–H groups in total. The van der Waals surface area contributed by atoms with Crippen molar-refractivity contribution in [2.24, 2.45) is 7.05 Å². The van der Waals surface area contributed by atoms with Crippen LogP contribution in [0.4, 0.5) is 13.2 Å². The topological polar surface area (TPSA) is 69.0 Å². The quantitative estimate of drug-likeness (QED) is 0.910. The van der Waals surface area contributed by atoms with Crippen molar-refractivity contribution < 1.29 is 22.7 Å². The Hall–Kier alpha value is -2.58. The van der Waals surface area contributed by atoms with Gasteiger partial charge >= 0.3 is 6.36 Å². The molecule has 1 aromatic heterocycles. The lowest BCUT2D eigenvalue weighted by molar-refractivity contribution is -0.274. The van der Waals surface area contributed by atoms with Crippen LogP contribution in [0, 0.1) is 6.92 Å². The Bertz CT molecular complexity index is 680. The first kappa shape index (κ1) is 16.8. The number of alkyl halides is 3. The van der Waals surface area contributed by atoms with E-state index in [2.05, 4.69) is 20.3 Å². The molecule has 124 valence electrons. The van der Waals surface area contributed by atoms with Crippen molar-refractivity contribution in [2.75, 3.05) is 0 Å². The number of halogens is 3. The standard InChI is InChI=1S/C14H15F3N4O2/c1-9-19-20-12(21(9)2)8-18-13(22)7-10-3-5-11(6-4-10)23-14(15,16)17/h3-6H,7-8H2,1-2H3,(H,18,22). The van der Waals surface area contributed by atoms with Crippen molar-refractivity contribution in [1.29, 1.82) is 0 Å². The van der Waals surface area contributed by atoms with E-state index >= 15 is 0 Å². The molecule has 2 aromatic rings. The predicted molar refractivity (Wildman–Crippen MR) is 74.4 cm³/mol. The second-order valence-electron chi connectivity index (χ2n) is 4.87. The third-order valence-corrected chi connectivity index (χ3v) is 3.15. The van der Waals surface area contributed by atoms with E-state index in [-0.39, 0.29) is 24.6 Å². The Balaban J connectivity index is 1.86. The van der Waals surface area contributed by atoms with Gasteiger partial charge in [0.2, 0.25) is 5.91 Å². The Morgan fingerprint density at radius 1 is 1.26 bits per heavy atom. The highest BCUT2D eigenvalue weighted by Crippen LogP contribution is 2.22. The molecule has 0 atom stereocenters. The first-order valence-corrected chi connectivity index (χ1v) is 6.71. The summed E-state index contributed by atoms with van der Waals surface area (Å²) in [4.78, 5) is 11.8. The number of carbonyl (C=O) groups is 1. The van der Waals surface area contributed by atoms with Gasteiger partial charge in [-0.1, -0.05) is 12.1 Å². The van der Waals surface area contributed by atoms with E-state index < -0.39 is 6.36 Å². The number of hydrogen-bond acceptors (Lipinski definition) is 4. The molecular weight excluding hydrogens is 313 g/mol. The zero-order chi connectivity index (χ0) is 17.0. The fraction of sp³-hybridized carbons (Fsp3) is 0.357. The summed E-state index contributed by atoms with van der Waals surface area (Å²) in [5.74, 6) is 0.755. The average molecular weight is 328 g/mol. The van der Waals surface area contributed by atoms with Crippen LogP contribution >= 0.6 is 0 Å². The lowest BCUT2D eigenvalue weighted by atomic mass is 10.1. The van der Waals surface area contributed by atoms with Crippen molar-refractivity contribution in [3.05, 3.63) is 41.5 Å². The number of nitrogens with zero attached hydrogens (tertiary/aromatic N) is 3. The van der Waals surface area contributed by atoms with Gasteiger partial charge in [-0.3, -0.25) is 4.79 Å². The number of benzene rings is 1. The second-order valence-corrected chi connectivity index (χ2v) is 4.87. The van der Waals surface area contributed by atoms with Crippen LogP contribution in [0.15, 0.2) is 24.3 Å². The average Bonchev–Trinajstić information content (AvgIpc) is 2.77. The molecule has 23 heavy (non-hydrogen) atoms. The van der Waals surface area contributed by atoms with E-state index in [9.17, 15) is 18.0 Å². The monoisotopic (exact) mass is 328 g/mol. The number of nitrogens with one attached hydrogen (secondary N) is 1. The minimum Gasteiger partial charge on any atom is -0.406 e. The van der Waals surface area contributed by atoms with E-state index in [0.717, 1.165) is 5.82 Å². The molecule has 2 rings (SSSR count). The van der Waals surface area contributed by atoms with E-state index in [1.807, 2.05) is 0 Å². The van der Waals surface area contributed by atoms with Gasteiger partial charge in [0.1, 0.15) is 11.6 Å². The molecular formula is C14H15F3N4O2. The summed E-state index contributed by atoms with van der Waals surface area (Å²) in [6, 6.07) is 5.16. The normalized spacial score (nSPS) is 11.3. The maximum absolute atomic E-state index is 12.0. The van der Waals surface area contributed by atoms with Crippen LogP contribution in [-0.2, 0) is 24.8 Å². The molecule has 0 bridgehead atoms. The van der Waals surface area contributed by atoms with Crippen molar-refractivity contribution in [3.8, 4) is 5.75 Å². The molecule has 0 aliphatic rings. The summed E-state index contributed by atoms with van der Waals surface area (Å²) in [5.41, 5.74) is 0.575. The number of amides is 1. The number of rotatable bonds is 5. The summed E-state index contributed by atoms with van der Waals surface area (Å²) >= 11 is 0. The maximum Gasteiger partial charge on any atom is 0.573 e. The smallest absolute Gasteiger partial charge is 0.406 e. The third-order valence-electron chi connectivity index (χ3n) is 3.15. The molecule has 0 saturated carbocycles. The predicted octanol–water partition coefficient (Wildman–Crippen LogP) is 1.88. The van der Waals surface area contributed by atoms with Gasteiger partial charge in [-0.15, -0.1) is 23.4 Å². The third kappa shape index (κ3) is 4.97. The van der Waals surface area contributed by atoms with Gasteiger partial charge < -0.3 is 14.6 Å². The van der Waals surface area contributed by atoms with E-state index in [1.54, 1.807) is 18.5 Å². The van der Waals surface area contributed by atoms with Gasteiger partial charge in [-0.05, 0) is 24.6 Å². The molecule has 0 aliphatic carbocycles. The number of hydrogen-bond donors (Lipinski definition) is 1. The van der Waals surface area contributed by atoms with Gasteiger partial charge in [-0.2, -0.15) is 0 Å². The van der Waals surface area contributed by atoms with Gasteiger partial charge in [0.15, 0.2) is 5.82 Å². The summed E-state index contributed by atoms with van der Waals surface area (Å²) in [6.07, 6.45) is -4.68. The lowest BCUT2D eigenvalue weighted by Gasteiger charge is -2.09. The first-order chi connectivity index (χ1) is 10.7. The SMILES string of the molecule is Cc1nnc(CNC(=O)Cc2ccc(OC(F)(F)F)cc2)n1C. The molecule has 0 radical (unpaired) electrons. The van der Waals surface area contributed by atoms with Crippen LogP contribution in [0.1, 0.15) is 17.2 Å². The molecule has 0 unspecified atom stereocenters. The summed E-state index contributed by atoms with van der Waals surface area (Å²) in [6.45, 7) is 2.02. The fourth-order valence-electron chi connectivity index (χ4n) is 1.84. The zero-order valence-corrected chi connectivity index (χ0v) is 12.5. The Morgan fingerprint density at radius 2 is 1.91 bits per heavy atom. The number of carbonyl (C=O) groups excluding carboxylic acids is 1. The van der Waals surface area contributed by atoms with Gasteiger partial charge in [0, 0.05) is 7.05 Å². The highest BCUT2D eigenvalue weighted by atomic mass is 19.4. The summed E-state index contributed by atoms with van der Waals surface area (Å²) in [7, 11) is 1.79. The van der Waals surface area contributed by atoms with Crippen LogP contribution < -0.4 is 10.1 Å². The lowest BCUT2D eigenvalue weighted by Crippen LogP contribution is -2.26. The molecule has 0 fully saturated rings. The minimum atomic E-state index is -4.73. The maximum atomic E-state index is 12.0. The van der Waals surface area contributed by atoms with Crippen molar-refractivity contribution >= 4 is 5.91 Å². The van der Waals surface area contributed by atoms with Crippen molar-refractivity contribution in [2.45, 2.75) is 26.3 Å². The highest BCUT2D eigenvalue weighted by Gasteiger charge is 2.30. The number of aromatic nitrogens is 3. The van der Waals surface area contributed by atoms with Crippen molar-refractivity contribution in [1.82, 2.24) is 20.1 Å². The van der Waals surface area contributed by atoms with Gasteiger partial charge in [0.25, 0.3) is 0 Å². The van der Waals surface area contributed by atoms with Crippen LogP contribution in [0.3, 0.4) is 0 Å². The fourth-order valence-corrected chi connectivity index (χ4v) is 1.84. The molecule has 0 spiro atoms.